The zero-order valence-electron chi connectivity index (χ0n) is 19.1. The van der Waals surface area contributed by atoms with Crippen molar-refractivity contribution in [1.29, 1.82) is 0 Å². The number of rotatable bonds is 5. The van der Waals surface area contributed by atoms with Crippen molar-refractivity contribution in [2.45, 2.75) is 38.6 Å². The highest BCUT2D eigenvalue weighted by molar-refractivity contribution is 6.00. The van der Waals surface area contributed by atoms with Crippen LogP contribution in [-0.2, 0) is 0 Å². The minimum absolute atomic E-state index is 0.00298. The number of fused-ring (bicyclic) bond motifs is 1. The zero-order valence-corrected chi connectivity index (χ0v) is 11.1. The number of benzene rings is 1. The highest BCUT2D eigenvalue weighted by atomic mass is 16.7. The van der Waals surface area contributed by atoms with Crippen LogP contribution in [0.25, 0.3) is 0 Å². The van der Waals surface area contributed by atoms with Crippen LogP contribution < -0.4 is 9.47 Å². The average Bonchev–Trinajstić information content (AvgIpc) is 3.09. The predicted octanol–water partition coefficient (Wildman–Crippen LogP) is 2.86. The van der Waals surface area contributed by atoms with E-state index >= 15 is 0 Å². The Kier molecular flexibility index (Phi) is 2.02. The van der Waals surface area contributed by atoms with E-state index in [2.05, 4.69) is 0 Å². The molecule has 2 aliphatic rings. The van der Waals surface area contributed by atoms with Gasteiger partial charge >= 0.3 is 0 Å². The van der Waals surface area contributed by atoms with Crippen molar-refractivity contribution in [1.82, 2.24) is 4.90 Å². The predicted molar refractivity (Wildman–Crippen MR) is 76.4 cm³/mol. The van der Waals surface area contributed by atoms with Crippen molar-refractivity contribution in [3.63, 3.8) is 0 Å². The summed E-state index contributed by atoms with van der Waals surface area (Å²) >= 11 is 0. The van der Waals surface area contributed by atoms with Crippen molar-refractivity contribution in [2.24, 2.45) is 0 Å². The van der Waals surface area contributed by atoms with E-state index in [1.165, 1.54) is 18.2 Å². The molecule has 4 heteroatoms. The molecule has 1 aromatic rings. The summed E-state index contributed by atoms with van der Waals surface area (Å²) in [6.45, 7) is -4.37. The Morgan fingerprint density at radius 3 is 2.85 bits per heavy atom. The largest absolute Gasteiger partial charge is 0.454 e. The summed E-state index contributed by atoms with van der Waals surface area (Å²) in [7, 11) is 0. The van der Waals surface area contributed by atoms with E-state index in [-0.39, 0.29) is 18.8 Å². The van der Waals surface area contributed by atoms with Crippen LogP contribution in [0.4, 0.5) is 0 Å². The maximum absolute atomic E-state index is 13.2. The summed E-state index contributed by atoms with van der Waals surface area (Å²) in [6.07, 6.45) is -5.94. The third kappa shape index (κ3) is 2.52. The molecule has 1 fully saturated rings. The molecule has 20 heavy (non-hydrogen) atoms. The summed E-state index contributed by atoms with van der Waals surface area (Å²) in [5.74, 6) is 0.142. The Morgan fingerprint density at radius 1 is 1.35 bits per heavy atom. The smallest absolute Gasteiger partial charge is 0.231 e. The van der Waals surface area contributed by atoms with Crippen molar-refractivity contribution in [2.75, 3.05) is 19.8 Å². The molecule has 0 spiro atoms. The van der Waals surface area contributed by atoms with Gasteiger partial charge in [-0.05, 0) is 50.4 Å². The summed E-state index contributed by atoms with van der Waals surface area (Å²) in [6, 6.07) is 2.98. The Balaban J connectivity index is 2.07. The maximum Gasteiger partial charge on any atom is 0.231 e. The molecule has 2 heterocycles. The molecule has 1 atom stereocenters. The molecule has 0 aliphatic carbocycles. The first kappa shape index (κ1) is 6.94. The fourth-order valence-electron chi connectivity index (χ4n) is 2.25. The van der Waals surface area contributed by atoms with E-state index in [9.17, 15) is 4.79 Å². The van der Waals surface area contributed by atoms with Crippen molar-refractivity contribution >= 4 is 5.78 Å². The van der Waals surface area contributed by atoms with Gasteiger partial charge in [0.05, 0.1) is 6.04 Å². The molecule has 3 rings (SSSR count). The topological polar surface area (TPSA) is 38.8 Å². The molecule has 0 aromatic heterocycles. The Morgan fingerprint density at radius 2 is 2.10 bits per heavy atom. The Hall–Kier alpha value is -1.55. The lowest BCUT2D eigenvalue weighted by Crippen LogP contribution is -2.39. The summed E-state index contributed by atoms with van der Waals surface area (Å²) in [5, 5.41) is 0. The van der Waals surface area contributed by atoms with Gasteiger partial charge in [-0.15, -0.1) is 0 Å². The number of hydrogen-bond donors (Lipinski definition) is 0. The van der Waals surface area contributed by atoms with E-state index in [1.54, 1.807) is 6.92 Å². The second-order valence-electron chi connectivity index (χ2n) is 4.58. The Bertz CT molecular complexity index is 772. The van der Waals surface area contributed by atoms with Gasteiger partial charge in [0.1, 0.15) is 0 Å². The molecule has 0 N–H and O–H groups in total. The molecule has 0 saturated carbocycles. The van der Waals surface area contributed by atoms with E-state index < -0.39 is 37.6 Å². The summed E-state index contributed by atoms with van der Waals surface area (Å²) in [5.41, 5.74) is 0.127. The van der Waals surface area contributed by atoms with Gasteiger partial charge in [-0.3, -0.25) is 9.69 Å². The number of carbonyl (C=O) groups excluding carboxylic acids is 1. The maximum atomic E-state index is 13.2. The first-order valence-electron chi connectivity index (χ1n) is 10.5. The van der Waals surface area contributed by atoms with Crippen LogP contribution in [0.5, 0.6) is 11.5 Å². The molecule has 0 radical (unpaired) electrons. The van der Waals surface area contributed by atoms with Crippen LogP contribution in [0.15, 0.2) is 18.2 Å². The van der Waals surface area contributed by atoms with Crippen molar-refractivity contribution < 1.29 is 25.2 Å². The number of carbonyl (C=O) groups is 1. The van der Waals surface area contributed by atoms with Gasteiger partial charge in [0, 0.05) is 16.5 Å². The molecule has 0 bridgehead atoms. The first-order chi connectivity index (χ1) is 12.8. The van der Waals surface area contributed by atoms with E-state index in [0.29, 0.717) is 22.8 Å². The van der Waals surface area contributed by atoms with Crippen LogP contribution in [0.2, 0.25) is 0 Å². The lowest BCUT2D eigenvalue weighted by atomic mass is 9.99. The van der Waals surface area contributed by atoms with Crippen LogP contribution in [0.3, 0.4) is 0 Å². The van der Waals surface area contributed by atoms with Gasteiger partial charge in [0.25, 0.3) is 0 Å². The lowest BCUT2D eigenvalue weighted by molar-refractivity contribution is 0.0836. The van der Waals surface area contributed by atoms with E-state index in [4.69, 9.17) is 20.4 Å². The van der Waals surface area contributed by atoms with Gasteiger partial charge in [0.15, 0.2) is 17.3 Å². The number of ketones is 1. The van der Waals surface area contributed by atoms with Crippen LogP contribution in [0, 0.1) is 0 Å². The summed E-state index contributed by atoms with van der Waals surface area (Å²) in [4.78, 5) is 13.6. The highest BCUT2D eigenvalue weighted by Gasteiger charge is 2.29. The molecule has 0 amide bonds. The fraction of sp³-hybridized carbons (Fsp3) is 0.562. The van der Waals surface area contributed by atoms with Crippen LogP contribution in [-0.4, -0.2) is 36.5 Å². The molecule has 1 saturated heterocycles. The van der Waals surface area contributed by atoms with Gasteiger partial charge in [0.2, 0.25) is 6.79 Å². The number of likely N-dealkylation sites (tertiary alicyclic amines) is 1. The fourth-order valence-corrected chi connectivity index (χ4v) is 2.25. The average molecular weight is 283 g/mol. The van der Waals surface area contributed by atoms with E-state index in [1.807, 2.05) is 0 Å². The SMILES string of the molecule is [2H]C1([2H])N(C(CCC)C(=O)c2ccc3c(c2)OCO3)C([2H])([2H])C([2H])([2H])C1([2H])[2H]. The summed E-state index contributed by atoms with van der Waals surface area (Å²) < 4.78 is 74.9. The number of hydrogen-bond acceptors (Lipinski definition) is 4. The molecule has 1 unspecified atom stereocenters. The van der Waals surface area contributed by atoms with E-state index in [0.717, 1.165) is 0 Å². The van der Waals surface area contributed by atoms with Crippen molar-refractivity contribution in [3.05, 3.63) is 23.8 Å². The van der Waals surface area contributed by atoms with Gasteiger partial charge in [-0.25, -0.2) is 0 Å². The Labute approximate surface area is 130 Å². The molecular formula is C16H21NO3. The zero-order chi connectivity index (χ0) is 21.1. The van der Waals surface area contributed by atoms with Crippen molar-refractivity contribution in [3.8, 4) is 11.5 Å². The normalized spacial score (nSPS) is 35.2. The van der Waals surface area contributed by atoms with Crippen LogP contribution >= 0.6 is 0 Å². The quantitative estimate of drug-likeness (QED) is 0.779. The standard InChI is InChI=1S/C16H21NO3/c1-2-5-13(17-8-3-4-9-17)16(18)12-6-7-14-15(10-12)20-11-19-14/h6-7,10,13H,2-5,8-9,11H2,1H3/i3D2,4D2,8D2,9D2. The molecular weight excluding hydrogens is 254 g/mol. The second kappa shape index (κ2) is 5.83. The highest BCUT2D eigenvalue weighted by Crippen LogP contribution is 2.33. The number of ether oxygens (including phenoxy) is 2. The van der Waals surface area contributed by atoms with Crippen LogP contribution in [0.1, 0.15) is 53.8 Å². The van der Waals surface area contributed by atoms with Gasteiger partial charge < -0.3 is 9.47 Å². The molecule has 4 nitrogen and oxygen atoms in total. The lowest BCUT2D eigenvalue weighted by Gasteiger charge is -2.26. The monoisotopic (exact) mass is 283 g/mol. The third-order valence-corrected chi connectivity index (χ3v) is 3.25. The first-order valence-corrected chi connectivity index (χ1v) is 6.54. The second-order valence-corrected chi connectivity index (χ2v) is 4.58. The molecule has 2 aliphatic heterocycles. The molecule has 108 valence electrons. The molecule has 1 aromatic carbocycles. The minimum Gasteiger partial charge on any atom is -0.454 e. The van der Waals surface area contributed by atoms with Gasteiger partial charge in [-0.2, -0.15) is 0 Å². The number of nitrogens with zero attached hydrogens (tertiary/aromatic N) is 1. The van der Waals surface area contributed by atoms with Gasteiger partial charge in [-0.1, -0.05) is 13.3 Å². The third-order valence-electron chi connectivity index (χ3n) is 3.25. The number of Topliss-reactive ketones (excluding diaryl/α,β-unsaturated/α-hetero) is 1. The minimum atomic E-state index is -3.18.